The zero-order valence-electron chi connectivity index (χ0n) is 23.2. The van der Waals surface area contributed by atoms with Crippen molar-refractivity contribution in [2.24, 2.45) is 0 Å². The minimum atomic E-state index is 1.14. The van der Waals surface area contributed by atoms with Crippen molar-refractivity contribution in [3.8, 4) is 11.1 Å². The molecule has 3 heteroatoms. The van der Waals surface area contributed by atoms with Crippen molar-refractivity contribution < 1.29 is 0 Å². The first-order chi connectivity index (χ1) is 21.3. The van der Waals surface area contributed by atoms with E-state index in [-0.39, 0.29) is 0 Å². The molecule has 0 aliphatic carbocycles. The van der Waals surface area contributed by atoms with Gasteiger partial charge in [-0.1, -0.05) is 103 Å². The number of nitrogens with zero attached hydrogens (tertiary/aromatic N) is 1. The molecule has 0 aliphatic rings. The van der Waals surface area contributed by atoms with Crippen LogP contribution in [0, 0.1) is 0 Å². The van der Waals surface area contributed by atoms with Crippen molar-refractivity contribution in [3.63, 3.8) is 0 Å². The molecule has 1 nitrogen and oxygen atoms in total. The maximum absolute atomic E-state index is 2.40. The third-order valence-corrected chi connectivity index (χ3v) is 10.8. The lowest BCUT2D eigenvalue weighted by Gasteiger charge is -2.26. The molecular formula is C40H25NS2. The maximum atomic E-state index is 2.40. The average Bonchev–Trinajstić information content (AvgIpc) is 3.64. The molecule has 0 amide bonds. The summed E-state index contributed by atoms with van der Waals surface area (Å²) in [6.07, 6.45) is 0. The standard InChI is InChI=1S/C40H25NS2/c1-2-8-26(9-3-1)27-14-17-29(18-15-27)41(31-20-23-35-33-10-4-6-12-37(33)42-39(35)25-31)30-19-22-32-28(24-30)16-21-36-34-11-5-7-13-38(34)43-40(32)36/h1-25H. The summed E-state index contributed by atoms with van der Waals surface area (Å²) < 4.78 is 5.32. The van der Waals surface area contributed by atoms with E-state index in [4.69, 9.17) is 0 Å². The van der Waals surface area contributed by atoms with Crippen molar-refractivity contribution in [2.75, 3.05) is 4.90 Å². The Labute approximate surface area is 257 Å². The minimum Gasteiger partial charge on any atom is -0.310 e. The van der Waals surface area contributed by atoms with Crippen LogP contribution in [0.15, 0.2) is 152 Å². The molecular weight excluding hydrogens is 559 g/mol. The summed E-state index contributed by atoms with van der Waals surface area (Å²) in [5, 5.41) is 7.88. The summed E-state index contributed by atoms with van der Waals surface area (Å²) in [6, 6.07) is 55.4. The molecule has 7 aromatic carbocycles. The fourth-order valence-electron chi connectivity index (χ4n) is 6.37. The third-order valence-electron chi connectivity index (χ3n) is 8.45. The van der Waals surface area contributed by atoms with Crippen LogP contribution in [0.2, 0.25) is 0 Å². The van der Waals surface area contributed by atoms with E-state index in [1.807, 2.05) is 22.7 Å². The van der Waals surface area contributed by atoms with Crippen molar-refractivity contribution in [1.29, 1.82) is 0 Å². The van der Waals surface area contributed by atoms with Crippen molar-refractivity contribution in [3.05, 3.63) is 152 Å². The van der Waals surface area contributed by atoms with Crippen LogP contribution in [0.4, 0.5) is 17.1 Å². The van der Waals surface area contributed by atoms with Crippen LogP contribution in [-0.4, -0.2) is 0 Å². The maximum Gasteiger partial charge on any atom is 0.0476 e. The van der Waals surface area contributed by atoms with Crippen molar-refractivity contribution in [1.82, 2.24) is 0 Å². The molecule has 9 aromatic rings. The lowest BCUT2D eigenvalue weighted by atomic mass is 10.0. The summed E-state index contributed by atoms with van der Waals surface area (Å²) >= 11 is 3.75. The highest BCUT2D eigenvalue weighted by Gasteiger charge is 2.17. The van der Waals surface area contributed by atoms with Gasteiger partial charge < -0.3 is 4.90 Å². The highest BCUT2D eigenvalue weighted by molar-refractivity contribution is 7.26. The molecule has 2 aromatic heterocycles. The molecule has 0 unspecified atom stereocenters. The molecule has 202 valence electrons. The van der Waals surface area contributed by atoms with Gasteiger partial charge in [-0.3, -0.25) is 0 Å². The third kappa shape index (κ3) is 4.04. The summed E-state index contributed by atoms with van der Waals surface area (Å²) in [7, 11) is 0. The highest BCUT2D eigenvalue weighted by Crippen LogP contribution is 2.43. The lowest BCUT2D eigenvalue weighted by Crippen LogP contribution is -2.09. The Morgan fingerprint density at radius 2 is 0.907 bits per heavy atom. The van der Waals surface area contributed by atoms with Gasteiger partial charge in [-0.2, -0.15) is 0 Å². The fraction of sp³-hybridized carbons (Fsp3) is 0. The molecule has 0 fully saturated rings. The molecule has 0 saturated carbocycles. The quantitative estimate of drug-likeness (QED) is 0.199. The first kappa shape index (κ1) is 24.6. The Morgan fingerprint density at radius 3 is 1.70 bits per heavy atom. The fourth-order valence-corrected chi connectivity index (χ4v) is 8.75. The lowest BCUT2D eigenvalue weighted by molar-refractivity contribution is 1.30. The zero-order valence-corrected chi connectivity index (χ0v) is 24.8. The van der Waals surface area contributed by atoms with Gasteiger partial charge in [-0.05, 0) is 70.4 Å². The molecule has 2 heterocycles. The molecule has 0 spiro atoms. The van der Waals surface area contributed by atoms with E-state index in [2.05, 4.69) is 157 Å². The number of rotatable bonds is 4. The van der Waals surface area contributed by atoms with Crippen LogP contribution in [0.3, 0.4) is 0 Å². The molecule has 0 saturated heterocycles. The van der Waals surface area contributed by atoms with Gasteiger partial charge in [0.15, 0.2) is 0 Å². The predicted octanol–water partition coefficient (Wildman–Crippen LogP) is 12.7. The Balaban J connectivity index is 1.22. The molecule has 0 bridgehead atoms. The van der Waals surface area contributed by atoms with Crippen LogP contribution in [0.5, 0.6) is 0 Å². The van der Waals surface area contributed by atoms with Crippen LogP contribution >= 0.6 is 22.7 Å². The Kier molecular flexibility index (Phi) is 5.62. The van der Waals surface area contributed by atoms with Crippen molar-refractivity contribution >= 4 is 90.9 Å². The molecule has 43 heavy (non-hydrogen) atoms. The van der Waals surface area contributed by atoms with E-state index in [0.29, 0.717) is 0 Å². The molecule has 0 N–H and O–H groups in total. The molecule has 0 aliphatic heterocycles. The number of hydrogen-bond donors (Lipinski definition) is 0. The average molecular weight is 584 g/mol. The number of fused-ring (bicyclic) bond motifs is 8. The van der Waals surface area contributed by atoms with E-state index in [1.165, 1.54) is 62.2 Å². The highest BCUT2D eigenvalue weighted by atomic mass is 32.1. The van der Waals surface area contributed by atoms with Crippen LogP contribution in [0.25, 0.3) is 62.2 Å². The zero-order chi connectivity index (χ0) is 28.3. The van der Waals surface area contributed by atoms with Gasteiger partial charge in [0.1, 0.15) is 0 Å². The summed E-state index contributed by atoms with van der Waals surface area (Å²) in [5.41, 5.74) is 5.90. The summed E-state index contributed by atoms with van der Waals surface area (Å²) in [6.45, 7) is 0. The number of thiophene rings is 2. The Bertz CT molecular complexity index is 2450. The van der Waals surface area contributed by atoms with E-state index >= 15 is 0 Å². The number of hydrogen-bond acceptors (Lipinski definition) is 3. The summed E-state index contributed by atoms with van der Waals surface area (Å²) in [4.78, 5) is 2.40. The van der Waals surface area contributed by atoms with Crippen LogP contribution in [-0.2, 0) is 0 Å². The molecule has 0 atom stereocenters. The monoisotopic (exact) mass is 583 g/mol. The second-order valence-corrected chi connectivity index (χ2v) is 13.1. The first-order valence-electron chi connectivity index (χ1n) is 14.5. The van der Waals surface area contributed by atoms with Crippen LogP contribution in [0.1, 0.15) is 0 Å². The predicted molar refractivity (Wildman–Crippen MR) is 190 cm³/mol. The van der Waals surface area contributed by atoms with Gasteiger partial charge in [0, 0.05) is 57.4 Å². The van der Waals surface area contributed by atoms with Crippen molar-refractivity contribution in [2.45, 2.75) is 0 Å². The van der Waals surface area contributed by atoms with E-state index < -0.39 is 0 Å². The summed E-state index contributed by atoms with van der Waals surface area (Å²) in [5.74, 6) is 0. The van der Waals surface area contributed by atoms with Gasteiger partial charge in [-0.25, -0.2) is 0 Å². The van der Waals surface area contributed by atoms with E-state index in [1.54, 1.807) is 0 Å². The van der Waals surface area contributed by atoms with Gasteiger partial charge in [-0.15, -0.1) is 22.7 Å². The minimum absolute atomic E-state index is 1.14. The molecule has 0 radical (unpaired) electrons. The van der Waals surface area contributed by atoms with Gasteiger partial charge in [0.2, 0.25) is 0 Å². The molecule has 9 rings (SSSR count). The van der Waals surface area contributed by atoms with E-state index in [0.717, 1.165) is 17.1 Å². The number of anilines is 3. The SMILES string of the molecule is c1ccc(-c2ccc(N(c3ccc4c(ccc5c6ccccc6sc45)c3)c3ccc4c(c3)sc3ccccc34)cc2)cc1. The van der Waals surface area contributed by atoms with Gasteiger partial charge in [0.25, 0.3) is 0 Å². The van der Waals surface area contributed by atoms with Gasteiger partial charge in [0.05, 0.1) is 0 Å². The van der Waals surface area contributed by atoms with E-state index in [9.17, 15) is 0 Å². The largest absolute Gasteiger partial charge is 0.310 e. The topological polar surface area (TPSA) is 3.24 Å². The number of benzene rings is 7. The second kappa shape index (κ2) is 9.81. The smallest absolute Gasteiger partial charge is 0.0476 e. The Morgan fingerprint density at radius 1 is 0.349 bits per heavy atom. The normalized spacial score (nSPS) is 11.7. The second-order valence-electron chi connectivity index (χ2n) is 11.0. The first-order valence-corrected chi connectivity index (χ1v) is 16.1. The van der Waals surface area contributed by atoms with Gasteiger partial charge >= 0.3 is 0 Å². The Hall–Kier alpha value is -4.96. The van der Waals surface area contributed by atoms with Crippen LogP contribution < -0.4 is 4.90 Å².